The van der Waals surface area contributed by atoms with Crippen LogP contribution in [0.3, 0.4) is 0 Å². The number of anilines is 1. The third-order valence-electron chi connectivity index (χ3n) is 4.15. The average Bonchev–Trinajstić information content (AvgIpc) is 2.99. The van der Waals surface area contributed by atoms with Crippen LogP contribution in [0.15, 0.2) is 35.2 Å². The monoisotopic (exact) mass is 404 g/mol. The Bertz CT molecular complexity index is 1120. The first-order valence-corrected chi connectivity index (χ1v) is 10.8. The van der Waals surface area contributed by atoms with Crippen LogP contribution in [-0.4, -0.2) is 38.8 Å². The zero-order valence-corrected chi connectivity index (χ0v) is 16.2. The molecule has 0 saturated carbocycles. The Balaban J connectivity index is 1.65. The number of carbonyl (C=O) groups excluding carboxylic acids is 1. The Morgan fingerprint density at radius 3 is 2.56 bits per heavy atom. The van der Waals surface area contributed by atoms with Crippen LogP contribution in [0.2, 0.25) is 0 Å². The van der Waals surface area contributed by atoms with Crippen LogP contribution >= 0.6 is 11.3 Å². The Labute approximate surface area is 159 Å². The summed E-state index contributed by atoms with van der Waals surface area (Å²) in [6.07, 6.45) is 1.11. The molecule has 0 aliphatic carbocycles. The standard InChI is InChI=1S/C18H16N2O5S2/c1-10-3-4-11(27(2,22)23)7-12(10)17(21)20-18-19-13-8-14-15(9-16(13)26-18)25-6-5-24-14/h3-4,7-9H,5-6H2,1-2H3,(H,19,20,21). The fourth-order valence-electron chi connectivity index (χ4n) is 2.76. The number of nitrogens with one attached hydrogen (secondary N) is 1. The van der Waals surface area contributed by atoms with Crippen molar-refractivity contribution in [1.29, 1.82) is 0 Å². The highest BCUT2D eigenvalue weighted by atomic mass is 32.2. The molecule has 4 rings (SSSR count). The van der Waals surface area contributed by atoms with Crippen molar-refractivity contribution in [3.63, 3.8) is 0 Å². The summed E-state index contributed by atoms with van der Waals surface area (Å²) >= 11 is 1.31. The van der Waals surface area contributed by atoms with Crippen LogP contribution in [-0.2, 0) is 9.84 Å². The van der Waals surface area contributed by atoms with E-state index in [1.54, 1.807) is 19.1 Å². The number of hydrogen-bond donors (Lipinski definition) is 1. The minimum Gasteiger partial charge on any atom is -0.486 e. The number of amides is 1. The van der Waals surface area contributed by atoms with Gasteiger partial charge in [0.25, 0.3) is 5.91 Å². The molecular formula is C18H16N2O5S2. The predicted octanol–water partition coefficient (Wildman–Crippen LogP) is 3.03. The number of nitrogens with zero attached hydrogens (tertiary/aromatic N) is 1. The molecular weight excluding hydrogens is 388 g/mol. The molecule has 1 amide bonds. The quantitative estimate of drug-likeness (QED) is 0.721. The second-order valence-corrected chi connectivity index (χ2v) is 9.23. The zero-order chi connectivity index (χ0) is 19.2. The van der Waals surface area contributed by atoms with Gasteiger partial charge in [0.2, 0.25) is 0 Å². The van der Waals surface area contributed by atoms with Gasteiger partial charge in [-0.1, -0.05) is 17.4 Å². The van der Waals surface area contributed by atoms with Gasteiger partial charge in [0.1, 0.15) is 13.2 Å². The Kier molecular flexibility index (Phi) is 4.27. The number of aryl methyl sites for hydroxylation is 1. The molecule has 0 radical (unpaired) electrons. The number of aromatic nitrogens is 1. The molecule has 0 bridgehead atoms. The van der Waals surface area contributed by atoms with Crippen LogP contribution < -0.4 is 14.8 Å². The molecule has 2 aromatic carbocycles. The van der Waals surface area contributed by atoms with Gasteiger partial charge in [0, 0.05) is 24.0 Å². The summed E-state index contributed by atoms with van der Waals surface area (Å²) in [5, 5.41) is 3.17. The lowest BCUT2D eigenvalue weighted by atomic mass is 10.1. The van der Waals surface area contributed by atoms with Crippen LogP contribution in [0.25, 0.3) is 10.2 Å². The van der Waals surface area contributed by atoms with Gasteiger partial charge in [-0.05, 0) is 24.6 Å². The molecule has 1 aliphatic rings. The van der Waals surface area contributed by atoms with Crippen molar-refractivity contribution in [2.75, 3.05) is 24.8 Å². The number of fused-ring (bicyclic) bond motifs is 2. The molecule has 3 aromatic rings. The molecule has 2 heterocycles. The molecule has 0 saturated heterocycles. The molecule has 0 fully saturated rings. The van der Waals surface area contributed by atoms with E-state index in [2.05, 4.69) is 10.3 Å². The van der Waals surface area contributed by atoms with Crippen molar-refractivity contribution >= 4 is 42.4 Å². The number of hydrogen-bond acceptors (Lipinski definition) is 7. The molecule has 1 aliphatic heterocycles. The highest BCUT2D eigenvalue weighted by Crippen LogP contribution is 2.38. The summed E-state index contributed by atoms with van der Waals surface area (Å²) in [7, 11) is -3.40. The van der Waals surface area contributed by atoms with Gasteiger partial charge < -0.3 is 9.47 Å². The van der Waals surface area contributed by atoms with Crippen molar-refractivity contribution < 1.29 is 22.7 Å². The SMILES string of the molecule is Cc1ccc(S(C)(=O)=O)cc1C(=O)Nc1nc2cc3c(cc2s1)OCCO3. The lowest BCUT2D eigenvalue weighted by Gasteiger charge is -2.17. The van der Waals surface area contributed by atoms with Crippen LogP contribution in [0.1, 0.15) is 15.9 Å². The molecule has 9 heteroatoms. The second-order valence-electron chi connectivity index (χ2n) is 6.19. The van der Waals surface area contributed by atoms with E-state index in [1.807, 2.05) is 6.07 Å². The molecule has 27 heavy (non-hydrogen) atoms. The number of sulfone groups is 1. The summed E-state index contributed by atoms with van der Waals surface area (Å²) < 4.78 is 35.5. The van der Waals surface area contributed by atoms with Gasteiger partial charge in [0.15, 0.2) is 26.5 Å². The zero-order valence-electron chi connectivity index (χ0n) is 14.6. The van der Waals surface area contributed by atoms with E-state index in [1.165, 1.54) is 23.5 Å². The number of ether oxygens (including phenoxy) is 2. The van der Waals surface area contributed by atoms with E-state index < -0.39 is 15.7 Å². The normalized spacial score (nSPS) is 13.6. The van der Waals surface area contributed by atoms with E-state index in [4.69, 9.17) is 9.47 Å². The number of carbonyl (C=O) groups is 1. The minimum absolute atomic E-state index is 0.101. The molecule has 0 atom stereocenters. The highest BCUT2D eigenvalue weighted by molar-refractivity contribution is 7.90. The summed E-state index contributed by atoms with van der Waals surface area (Å²) in [6, 6.07) is 8.11. The fourth-order valence-corrected chi connectivity index (χ4v) is 4.28. The minimum atomic E-state index is -3.40. The maximum absolute atomic E-state index is 12.7. The fraction of sp³-hybridized carbons (Fsp3) is 0.222. The molecule has 1 N–H and O–H groups in total. The lowest BCUT2D eigenvalue weighted by molar-refractivity contribution is 0.102. The van der Waals surface area contributed by atoms with E-state index >= 15 is 0 Å². The number of thiazole rings is 1. The summed E-state index contributed by atoms with van der Waals surface area (Å²) in [5.41, 5.74) is 1.67. The summed E-state index contributed by atoms with van der Waals surface area (Å²) in [4.78, 5) is 17.2. The van der Waals surface area contributed by atoms with Crippen molar-refractivity contribution in [1.82, 2.24) is 4.98 Å². The van der Waals surface area contributed by atoms with E-state index in [9.17, 15) is 13.2 Å². The molecule has 0 unspecified atom stereocenters. The molecule has 7 nitrogen and oxygen atoms in total. The van der Waals surface area contributed by atoms with Gasteiger partial charge in [0.05, 0.1) is 15.1 Å². The number of benzene rings is 2. The third-order valence-corrected chi connectivity index (χ3v) is 6.20. The third kappa shape index (κ3) is 3.47. The van der Waals surface area contributed by atoms with E-state index in [-0.39, 0.29) is 4.90 Å². The Hall–Kier alpha value is -2.65. The summed E-state index contributed by atoms with van der Waals surface area (Å²) in [5.74, 6) is 0.884. The maximum atomic E-state index is 12.7. The Morgan fingerprint density at radius 1 is 1.15 bits per heavy atom. The Morgan fingerprint density at radius 2 is 1.85 bits per heavy atom. The van der Waals surface area contributed by atoms with Gasteiger partial charge >= 0.3 is 0 Å². The van der Waals surface area contributed by atoms with E-state index in [0.717, 1.165) is 11.0 Å². The lowest BCUT2D eigenvalue weighted by Crippen LogP contribution is -2.15. The van der Waals surface area contributed by atoms with Crippen molar-refractivity contribution in [2.45, 2.75) is 11.8 Å². The van der Waals surface area contributed by atoms with Crippen molar-refractivity contribution in [2.24, 2.45) is 0 Å². The largest absolute Gasteiger partial charge is 0.486 e. The first-order chi connectivity index (χ1) is 12.8. The van der Waals surface area contributed by atoms with Crippen LogP contribution in [0, 0.1) is 6.92 Å². The maximum Gasteiger partial charge on any atom is 0.257 e. The van der Waals surface area contributed by atoms with Gasteiger partial charge in [-0.3, -0.25) is 10.1 Å². The average molecular weight is 404 g/mol. The molecule has 140 valence electrons. The topological polar surface area (TPSA) is 94.6 Å². The highest BCUT2D eigenvalue weighted by Gasteiger charge is 2.18. The molecule has 0 spiro atoms. The first-order valence-electron chi connectivity index (χ1n) is 8.13. The smallest absolute Gasteiger partial charge is 0.257 e. The van der Waals surface area contributed by atoms with Crippen molar-refractivity contribution in [3.05, 3.63) is 41.5 Å². The second kappa shape index (κ2) is 6.50. The van der Waals surface area contributed by atoms with Crippen LogP contribution in [0.5, 0.6) is 11.5 Å². The van der Waals surface area contributed by atoms with E-state index in [0.29, 0.717) is 46.5 Å². The molecule has 1 aromatic heterocycles. The summed E-state index contributed by atoms with van der Waals surface area (Å²) in [6.45, 7) is 2.74. The first kappa shape index (κ1) is 17.7. The predicted molar refractivity (Wildman–Crippen MR) is 103 cm³/mol. The van der Waals surface area contributed by atoms with Gasteiger partial charge in [-0.15, -0.1) is 0 Å². The number of rotatable bonds is 3. The van der Waals surface area contributed by atoms with Crippen molar-refractivity contribution in [3.8, 4) is 11.5 Å². The van der Waals surface area contributed by atoms with Gasteiger partial charge in [-0.25, -0.2) is 13.4 Å². The van der Waals surface area contributed by atoms with Crippen LogP contribution in [0.4, 0.5) is 5.13 Å². The van der Waals surface area contributed by atoms with Gasteiger partial charge in [-0.2, -0.15) is 0 Å².